The third-order valence-electron chi connectivity index (χ3n) is 3.77. The Morgan fingerprint density at radius 2 is 1.68 bits per heavy atom. The van der Waals surface area contributed by atoms with E-state index in [9.17, 15) is 18.0 Å². The summed E-state index contributed by atoms with van der Waals surface area (Å²) in [6.07, 6.45) is -3.88. The molecular weight excluding hydrogens is 329 g/mol. The Morgan fingerprint density at radius 3 is 2.36 bits per heavy atom. The van der Waals surface area contributed by atoms with Gasteiger partial charge in [0.15, 0.2) is 0 Å². The molecule has 2 aromatic rings. The van der Waals surface area contributed by atoms with E-state index in [1.807, 2.05) is 37.4 Å². The Kier molecular flexibility index (Phi) is 6.58. The molecule has 134 valence electrons. The lowest BCUT2D eigenvalue weighted by Crippen LogP contribution is -2.29. The van der Waals surface area contributed by atoms with E-state index in [0.29, 0.717) is 13.0 Å². The first-order valence-electron chi connectivity index (χ1n) is 8.05. The quantitative estimate of drug-likeness (QED) is 0.767. The molecular formula is C19H21F3N2O. The van der Waals surface area contributed by atoms with Crippen molar-refractivity contribution in [1.29, 1.82) is 0 Å². The lowest BCUT2D eigenvalue weighted by Gasteiger charge is -2.17. The third kappa shape index (κ3) is 5.90. The summed E-state index contributed by atoms with van der Waals surface area (Å²) in [7, 11) is 1.97. The Morgan fingerprint density at radius 1 is 1.04 bits per heavy atom. The second-order valence-electron chi connectivity index (χ2n) is 5.88. The molecule has 2 rings (SSSR count). The van der Waals surface area contributed by atoms with Gasteiger partial charge in [-0.2, -0.15) is 13.2 Å². The maximum atomic E-state index is 12.9. The summed E-state index contributed by atoms with van der Waals surface area (Å²) >= 11 is 0. The number of halogens is 3. The summed E-state index contributed by atoms with van der Waals surface area (Å²) in [6, 6.07) is 14.8. The smallest absolute Gasteiger partial charge is 0.352 e. The van der Waals surface area contributed by atoms with E-state index in [2.05, 4.69) is 10.2 Å². The average molecular weight is 350 g/mol. The molecule has 0 radical (unpaired) electrons. The fourth-order valence-electron chi connectivity index (χ4n) is 2.55. The fraction of sp³-hybridized carbons (Fsp3) is 0.316. The molecule has 0 bridgehead atoms. The van der Waals surface area contributed by atoms with Crippen LogP contribution in [0.4, 0.5) is 13.2 Å². The van der Waals surface area contributed by atoms with Crippen molar-refractivity contribution in [2.75, 3.05) is 20.1 Å². The van der Waals surface area contributed by atoms with Crippen molar-refractivity contribution in [1.82, 2.24) is 10.2 Å². The molecule has 0 aliphatic rings. The van der Waals surface area contributed by atoms with Gasteiger partial charge in [0.05, 0.1) is 11.1 Å². The predicted octanol–water partition coefficient (Wildman–Crippen LogP) is 3.96. The largest absolute Gasteiger partial charge is 0.417 e. The Hall–Kier alpha value is -2.34. The van der Waals surface area contributed by atoms with Crippen LogP contribution in [0.5, 0.6) is 0 Å². The highest BCUT2D eigenvalue weighted by atomic mass is 19.4. The first kappa shape index (κ1) is 19.0. The molecule has 0 heterocycles. The van der Waals surface area contributed by atoms with Crippen LogP contribution >= 0.6 is 0 Å². The van der Waals surface area contributed by atoms with Gasteiger partial charge in [-0.3, -0.25) is 4.79 Å². The topological polar surface area (TPSA) is 32.3 Å². The minimum absolute atomic E-state index is 0.324. The number of alkyl halides is 3. The van der Waals surface area contributed by atoms with Crippen molar-refractivity contribution in [3.05, 3.63) is 71.3 Å². The summed E-state index contributed by atoms with van der Waals surface area (Å²) in [5.41, 5.74) is -0.0607. The van der Waals surface area contributed by atoms with E-state index in [0.717, 1.165) is 19.2 Å². The third-order valence-corrected chi connectivity index (χ3v) is 3.77. The van der Waals surface area contributed by atoms with Crippen molar-refractivity contribution in [3.63, 3.8) is 0 Å². The zero-order chi connectivity index (χ0) is 18.3. The zero-order valence-corrected chi connectivity index (χ0v) is 14.0. The minimum atomic E-state index is -4.54. The van der Waals surface area contributed by atoms with Gasteiger partial charge in [0, 0.05) is 13.1 Å². The maximum absolute atomic E-state index is 12.9. The van der Waals surface area contributed by atoms with Gasteiger partial charge in [0.1, 0.15) is 0 Å². The second-order valence-corrected chi connectivity index (χ2v) is 5.88. The molecule has 1 N–H and O–H groups in total. The summed E-state index contributed by atoms with van der Waals surface area (Å²) in [6.45, 7) is 1.84. The Bertz CT molecular complexity index is 687. The molecule has 0 saturated heterocycles. The molecule has 25 heavy (non-hydrogen) atoms. The molecule has 0 unspecified atom stereocenters. The van der Waals surface area contributed by atoms with Crippen molar-refractivity contribution in [2.45, 2.75) is 19.1 Å². The summed E-state index contributed by atoms with van der Waals surface area (Å²) < 4.78 is 38.8. The number of carbonyl (C=O) groups excluding carboxylic acids is 1. The minimum Gasteiger partial charge on any atom is -0.352 e. The normalized spacial score (nSPS) is 11.6. The highest BCUT2D eigenvalue weighted by Crippen LogP contribution is 2.31. The van der Waals surface area contributed by atoms with Crippen LogP contribution in [0.15, 0.2) is 54.6 Å². The number of amides is 1. The SMILES string of the molecule is CN(CCCNC(=O)c1ccccc1C(F)(F)F)Cc1ccccc1. The van der Waals surface area contributed by atoms with Crippen LogP contribution in [-0.4, -0.2) is 30.9 Å². The van der Waals surface area contributed by atoms with Crippen molar-refractivity contribution in [2.24, 2.45) is 0 Å². The van der Waals surface area contributed by atoms with E-state index in [1.54, 1.807) is 0 Å². The van der Waals surface area contributed by atoms with E-state index < -0.39 is 17.6 Å². The van der Waals surface area contributed by atoms with Crippen LogP contribution in [0.3, 0.4) is 0 Å². The van der Waals surface area contributed by atoms with Crippen LogP contribution < -0.4 is 5.32 Å². The van der Waals surface area contributed by atoms with Crippen molar-refractivity contribution >= 4 is 5.91 Å². The van der Waals surface area contributed by atoms with Crippen LogP contribution in [0.1, 0.15) is 27.9 Å². The number of rotatable bonds is 7. The van der Waals surface area contributed by atoms with Crippen LogP contribution in [0.25, 0.3) is 0 Å². The number of nitrogens with one attached hydrogen (secondary N) is 1. The van der Waals surface area contributed by atoms with Gasteiger partial charge in [-0.05, 0) is 37.7 Å². The fourth-order valence-corrected chi connectivity index (χ4v) is 2.55. The maximum Gasteiger partial charge on any atom is 0.417 e. The number of carbonyl (C=O) groups is 1. The van der Waals surface area contributed by atoms with Crippen LogP contribution in [0.2, 0.25) is 0 Å². The molecule has 2 aromatic carbocycles. The summed E-state index contributed by atoms with van der Waals surface area (Å²) in [5, 5.41) is 2.57. The molecule has 0 aliphatic heterocycles. The van der Waals surface area contributed by atoms with Gasteiger partial charge in [0.25, 0.3) is 5.91 Å². The molecule has 0 aromatic heterocycles. The number of hydrogen-bond donors (Lipinski definition) is 1. The summed E-state index contributed by atoms with van der Waals surface area (Å²) in [4.78, 5) is 14.1. The first-order chi connectivity index (χ1) is 11.9. The van der Waals surface area contributed by atoms with Crippen molar-refractivity contribution in [3.8, 4) is 0 Å². The van der Waals surface area contributed by atoms with Gasteiger partial charge in [-0.15, -0.1) is 0 Å². The van der Waals surface area contributed by atoms with Crippen LogP contribution in [0, 0.1) is 0 Å². The average Bonchev–Trinajstić information content (AvgIpc) is 2.58. The highest BCUT2D eigenvalue weighted by molar-refractivity contribution is 5.95. The Labute approximate surface area is 145 Å². The molecule has 0 saturated carbocycles. The van der Waals surface area contributed by atoms with Gasteiger partial charge >= 0.3 is 6.18 Å². The highest BCUT2D eigenvalue weighted by Gasteiger charge is 2.34. The van der Waals surface area contributed by atoms with E-state index in [1.165, 1.54) is 23.8 Å². The molecule has 6 heteroatoms. The Balaban J connectivity index is 1.79. The van der Waals surface area contributed by atoms with Crippen molar-refractivity contribution < 1.29 is 18.0 Å². The van der Waals surface area contributed by atoms with Crippen LogP contribution in [-0.2, 0) is 12.7 Å². The predicted molar refractivity (Wildman–Crippen MR) is 91.2 cm³/mol. The molecule has 0 aliphatic carbocycles. The van der Waals surface area contributed by atoms with E-state index in [-0.39, 0.29) is 5.56 Å². The van der Waals surface area contributed by atoms with E-state index >= 15 is 0 Å². The zero-order valence-electron chi connectivity index (χ0n) is 14.0. The van der Waals surface area contributed by atoms with E-state index in [4.69, 9.17) is 0 Å². The molecule has 0 atom stereocenters. The lowest BCUT2D eigenvalue weighted by atomic mass is 10.1. The molecule has 1 amide bonds. The number of hydrogen-bond acceptors (Lipinski definition) is 2. The molecule has 0 fully saturated rings. The van der Waals surface area contributed by atoms with Gasteiger partial charge in [-0.1, -0.05) is 42.5 Å². The summed E-state index contributed by atoms with van der Waals surface area (Å²) in [5.74, 6) is -0.696. The standard InChI is InChI=1S/C19H21F3N2O/c1-24(14-15-8-3-2-4-9-15)13-7-12-23-18(25)16-10-5-6-11-17(16)19(20,21)22/h2-6,8-11H,7,12-14H2,1H3,(H,23,25). The first-order valence-corrected chi connectivity index (χ1v) is 8.05. The number of benzene rings is 2. The molecule has 0 spiro atoms. The second kappa shape index (κ2) is 8.67. The van der Waals surface area contributed by atoms with Gasteiger partial charge in [0.2, 0.25) is 0 Å². The number of nitrogens with zero attached hydrogens (tertiary/aromatic N) is 1. The van der Waals surface area contributed by atoms with Gasteiger partial charge < -0.3 is 10.2 Å². The monoisotopic (exact) mass is 350 g/mol. The van der Waals surface area contributed by atoms with Gasteiger partial charge in [-0.25, -0.2) is 0 Å². The lowest BCUT2D eigenvalue weighted by molar-refractivity contribution is -0.137. The molecule has 3 nitrogen and oxygen atoms in total.